The lowest BCUT2D eigenvalue weighted by Gasteiger charge is -2.19. The SMILES string of the molecule is O=C(O)CC(NC(=O)c1cc(O)n(-c2ccccc2Cl)n1)c1cccc(C(F)(F)F)c1F. The number of carboxylic acids is 1. The van der Waals surface area contributed by atoms with Gasteiger partial charge in [-0.05, 0) is 18.2 Å². The monoisotopic (exact) mass is 471 g/mol. The van der Waals surface area contributed by atoms with E-state index >= 15 is 0 Å². The van der Waals surface area contributed by atoms with Crippen molar-refractivity contribution in [3.8, 4) is 11.6 Å². The van der Waals surface area contributed by atoms with Crippen LogP contribution in [0.2, 0.25) is 5.02 Å². The quantitative estimate of drug-likeness (QED) is 0.464. The highest BCUT2D eigenvalue weighted by Crippen LogP contribution is 2.34. The van der Waals surface area contributed by atoms with Crippen LogP contribution in [-0.2, 0) is 11.0 Å². The maximum Gasteiger partial charge on any atom is 0.419 e. The number of nitrogens with zero attached hydrogens (tertiary/aromatic N) is 2. The van der Waals surface area contributed by atoms with E-state index in [1.165, 1.54) is 12.1 Å². The average Bonchev–Trinajstić information content (AvgIpc) is 3.08. The number of para-hydroxylation sites is 1. The largest absolute Gasteiger partial charge is 0.493 e. The van der Waals surface area contributed by atoms with Crippen molar-refractivity contribution in [2.75, 3.05) is 0 Å². The van der Waals surface area contributed by atoms with Crippen molar-refractivity contribution in [2.45, 2.75) is 18.6 Å². The summed E-state index contributed by atoms with van der Waals surface area (Å²) in [6, 6.07) is 7.88. The van der Waals surface area contributed by atoms with Crippen molar-refractivity contribution in [1.82, 2.24) is 15.1 Å². The Kier molecular flexibility index (Phi) is 6.40. The first kappa shape index (κ1) is 23.1. The topological polar surface area (TPSA) is 104 Å². The van der Waals surface area contributed by atoms with Gasteiger partial charge in [-0.25, -0.2) is 4.39 Å². The molecule has 1 heterocycles. The lowest BCUT2D eigenvalue weighted by molar-refractivity contribution is -0.140. The molecule has 0 radical (unpaired) electrons. The van der Waals surface area contributed by atoms with E-state index in [1.54, 1.807) is 12.1 Å². The molecule has 3 aromatic rings. The molecule has 0 bridgehead atoms. The summed E-state index contributed by atoms with van der Waals surface area (Å²) in [6.45, 7) is 0. The van der Waals surface area contributed by atoms with Gasteiger partial charge in [-0.2, -0.15) is 23.0 Å². The van der Waals surface area contributed by atoms with E-state index in [1.807, 2.05) is 0 Å². The van der Waals surface area contributed by atoms with Crippen LogP contribution in [0.25, 0.3) is 5.69 Å². The van der Waals surface area contributed by atoms with Crippen LogP contribution < -0.4 is 5.32 Å². The third kappa shape index (κ3) is 4.83. The van der Waals surface area contributed by atoms with Crippen molar-refractivity contribution >= 4 is 23.5 Å². The minimum absolute atomic E-state index is 0.202. The minimum Gasteiger partial charge on any atom is -0.493 e. The Hall–Kier alpha value is -3.60. The van der Waals surface area contributed by atoms with Crippen LogP contribution in [0.15, 0.2) is 48.5 Å². The molecular formula is C20H14ClF4N3O4. The fraction of sp³-hybridized carbons (Fsp3) is 0.150. The van der Waals surface area contributed by atoms with Crippen LogP contribution in [0.5, 0.6) is 5.88 Å². The maximum atomic E-state index is 14.5. The Morgan fingerprint density at radius 3 is 2.47 bits per heavy atom. The van der Waals surface area contributed by atoms with Crippen LogP contribution in [-0.4, -0.2) is 31.9 Å². The van der Waals surface area contributed by atoms with Gasteiger partial charge < -0.3 is 15.5 Å². The predicted octanol–water partition coefficient (Wildman–Crippen LogP) is 4.34. The summed E-state index contributed by atoms with van der Waals surface area (Å²) in [5.41, 5.74) is -2.42. The highest BCUT2D eigenvalue weighted by Gasteiger charge is 2.36. The second-order valence-electron chi connectivity index (χ2n) is 6.58. The summed E-state index contributed by atoms with van der Waals surface area (Å²) in [4.78, 5) is 23.8. The molecule has 32 heavy (non-hydrogen) atoms. The molecule has 0 aliphatic carbocycles. The van der Waals surface area contributed by atoms with E-state index in [0.717, 1.165) is 22.9 Å². The number of benzene rings is 2. The number of amides is 1. The second kappa shape index (κ2) is 8.87. The number of carbonyl (C=O) groups is 2. The van der Waals surface area contributed by atoms with Gasteiger partial charge in [0.1, 0.15) is 5.82 Å². The molecular weight excluding hydrogens is 458 g/mol. The highest BCUT2D eigenvalue weighted by atomic mass is 35.5. The number of hydrogen-bond acceptors (Lipinski definition) is 4. The van der Waals surface area contributed by atoms with Gasteiger partial charge in [-0.15, -0.1) is 0 Å². The first-order chi connectivity index (χ1) is 15.0. The molecule has 1 atom stereocenters. The second-order valence-corrected chi connectivity index (χ2v) is 6.99. The normalized spacial score (nSPS) is 12.4. The van der Waals surface area contributed by atoms with E-state index in [4.69, 9.17) is 16.7 Å². The molecule has 3 rings (SSSR count). The van der Waals surface area contributed by atoms with Crippen molar-refractivity contribution in [3.05, 3.63) is 76.2 Å². The van der Waals surface area contributed by atoms with Crippen LogP contribution >= 0.6 is 11.6 Å². The lowest BCUT2D eigenvalue weighted by atomic mass is 9.99. The smallest absolute Gasteiger partial charge is 0.419 e. The van der Waals surface area contributed by atoms with Gasteiger partial charge in [-0.1, -0.05) is 35.9 Å². The number of carbonyl (C=O) groups excluding carboxylic acids is 1. The molecule has 0 spiro atoms. The number of aromatic hydroxyl groups is 1. The predicted molar refractivity (Wildman–Crippen MR) is 104 cm³/mol. The molecule has 1 unspecified atom stereocenters. The van der Waals surface area contributed by atoms with E-state index in [9.17, 15) is 32.3 Å². The minimum atomic E-state index is -5.02. The molecule has 0 aliphatic rings. The first-order valence-electron chi connectivity index (χ1n) is 8.91. The molecule has 0 saturated heterocycles. The molecule has 12 heteroatoms. The fourth-order valence-corrected chi connectivity index (χ4v) is 3.18. The first-order valence-corrected chi connectivity index (χ1v) is 9.29. The van der Waals surface area contributed by atoms with E-state index in [-0.39, 0.29) is 10.7 Å². The van der Waals surface area contributed by atoms with Gasteiger partial charge in [0, 0.05) is 11.6 Å². The van der Waals surface area contributed by atoms with Crippen LogP contribution in [0.1, 0.15) is 34.1 Å². The summed E-state index contributed by atoms with van der Waals surface area (Å²) < 4.78 is 54.5. The molecule has 1 aromatic heterocycles. The maximum absolute atomic E-state index is 14.5. The number of rotatable bonds is 6. The average molecular weight is 472 g/mol. The third-order valence-electron chi connectivity index (χ3n) is 4.40. The Balaban J connectivity index is 1.95. The fourth-order valence-electron chi connectivity index (χ4n) is 2.97. The molecule has 1 amide bonds. The molecule has 0 saturated carbocycles. The van der Waals surface area contributed by atoms with Gasteiger partial charge in [0.25, 0.3) is 5.91 Å². The zero-order valence-electron chi connectivity index (χ0n) is 15.9. The highest BCUT2D eigenvalue weighted by molar-refractivity contribution is 6.32. The number of halogens is 5. The number of hydrogen-bond donors (Lipinski definition) is 3. The van der Waals surface area contributed by atoms with Gasteiger partial charge >= 0.3 is 12.1 Å². The van der Waals surface area contributed by atoms with Crippen molar-refractivity contribution in [1.29, 1.82) is 0 Å². The molecule has 0 fully saturated rings. The Bertz CT molecular complexity index is 1180. The zero-order valence-corrected chi connectivity index (χ0v) is 16.7. The van der Waals surface area contributed by atoms with Crippen molar-refractivity contribution in [3.63, 3.8) is 0 Å². The van der Waals surface area contributed by atoms with Gasteiger partial charge in [0.2, 0.25) is 5.88 Å². The summed E-state index contributed by atoms with van der Waals surface area (Å²) in [5, 5.41) is 25.5. The van der Waals surface area contributed by atoms with Gasteiger partial charge in [0.05, 0.1) is 28.7 Å². The Labute approximate surface area is 182 Å². The molecule has 168 valence electrons. The molecule has 2 aromatic carbocycles. The summed E-state index contributed by atoms with van der Waals surface area (Å²) >= 11 is 6.04. The standard InChI is InChI=1S/C20H14ClF4N3O4/c21-12-6-1-2-7-15(12)28-16(29)8-14(27-28)19(32)26-13(9-17(30)31)10-4-3-5-11(18(10)22)20(23,24)25/h1-8,13,29H,9H2,(H,26,32)(H,30,31). The number of aliphatic carboxylic acids is 1. The van der Waals surface area contributed by atoms with E-state index < -0.39 is 59.0 Å². The summed E-state index contributed by atoms with van der Waals surface area (Å²) in [7, 11) is 0. The summed E-state index contributed by atoms with van der Waals surface area (Å²) in [5.74, 6) is -4.72. The Morgan fingerprint density at radius 1 is 1.16 bits per heavy atom. The number of carboxylic acid groups (broad SMARTS) is 1. The van der Waals surface area contributed by atoms with Crippen molar-refractivity contribution < 1.29 is 37.4 Å². The zero-order chi connectivity index (χ0) is 23.6. The van der Waals surface area contributed by atoms with Gasteiger partial charge in [0.15, 0.2) is 5.69 Å². The van der Waals surface area contributed by atoms with Crippen LogP contribution in [0, 0.1) is 5.82 Å². The van der Waals surface area contributed by atoms with E-state index in [2.05, 4.69) is 10.4 Å². The Morgan fingerprint density at radius 2 is 1.84 bits per heavy atom. The van der Waals surface area contributed by atoms with E-state index in [0.29, 0.717) is 6.07 Å². The van der Waals surface area contributed by atoms with Crippen LogP contribution in [0.4, 0.5) is 17.6 Å². The number of aromatic nitrogens is 2. The summed E-state index contributed by atoms with van der Waals surface area (Å²) in [6.07, 6.45) is -5.92. The lowest BCUT2D eigenvalue weighted by Crippen LogP contribution is -2.31. The van der Waals surface area contributed by atoms with Crippen molar-refractivity contribution in [2.24, 2.45) is 0 Å². The molecule has 3 N–H and O–H groups in total. The number of alkyl halides is 3. The van der Waals surface area contributed by atoms with Crippen LogP contribution in [0.3, 0.4) is 0 Å². The van der Waals surface area contributed by atoms with Gasteiger partial charge in [-0.3, -0.25) is 9.59 Å². The number of nitrogens with one attached hydrogen (secondary N) is 1. The molecule has 7 nitrogen and oxygen atoms in total. The third-order valence-corrected chi connectivity index (χ3v) is 4.72. The molecule has 0 aliphatic heterocycles.